The first kappa shape index (κ1) is 21.5. The molecule has 0 amide bonds. The third-order valence-electron chi connectivity index (χ3n) is 5.56. The summed E-state index contributed by atoms with van der Waals surface area (Å²) in [5, 5.41) is 3.48. The van der Waals surface area contributed by atoms with Crippen LogP contribution in [0, 0.1) is 5.41 Å². The molecule has 1 spiro atoms. The van der Waals surface area contributed by atoms with Crippen LogP contribution in [0.15, 0.2) is 35.3 Å². The number of benzene rings is 1. The van der Waals surface area contributed by atoms with Gasteiger partial charge in [0.15, 0.2) is 5.96 Å². The van der Waals surface area contributed by atoms with Gasteiger partial charge in [0, 0.05) is 32.8 Å². The number of ether oxygens (including phenoxy) is 1. The lowest BCUT2D eigenvalue weighted by Crippen LogP contribution is -2.42. The number of hydrogen-bond acceptors (Lipinski definition) is 2. The van der Waals surface area contributed by atoms with E-state index in [4.69, 9.17) is 9.73 Å². The third-order valence-corrected chi connectivity index (χ3v) is 5.56. The molecule has 0 aromatic heterocycles. The zero-order valence-electron chi connectivity index (χ0n) is 16.1. The van der Waals surface area contributed by atoms with Gasteiger partial charge in [-0.2, -0.15) is 0 Å². The first-order valence-electron chi connectivity index (χ1n) is 9.96. The highest BCUT2D eigenvalue weighted by molar-refractivity contribution is 14.0. The Morgan fingerprint density at radius 2 is 2.00 bits per heavy atom. The van der Waals surface area contributed by atoms with E-state index in [9.17, 15) is 0 Å². The number of halogens is 1. The number of nitrogens with one attached hydrogen (secondary N) is 1. The summed E-state index contributed by atoms with van der Waals surface area (Å²) in [6.45, 7) is 7.90. The van der Waals surface area contributed by atoms with E-state index in [-0.39, 0.29) is 24.0 Å². The maximum absolute atomic E-state index is 5.75. The van der Waals surface area contributed by atoms with Crippen molar-refractivity contribution in [3.63, 3.8) is 0 Å². The average molecular weight is 471 g/mol. The molecule has 146 valence electrons. The largest absolute Gasteiger partial charge is 0.377 e. The van der Waals surface area contributed by atoms with Gasteiger partial charge in [0.1, 0.15) is 0 Å². The molecule has 1 N–H and O–H groups in total. The molecule has 1 aromatic rings. The minimum absolute atomic E-state index is 0. The lowest BCUT2D eigenvalue weighted by molar-refractivity contribution is 0.117. The van der Waals surface area contributed by atoms with Crippen molar-refractivity contribution in [2.75, 3.05) is 32.8 Å². The zero-order chi connectivity index (χ0) is 17.4. The molecule has 0 bridgehead atoms. The van der Waals surface area contributed by atoms with Crippen LogP contribution < -0.4 is 5.32 Å². The number of rotatable bonds is 8. The lowest BCUT2D eigenvalue weighted by Gasteiger charge is -2.38. The van der Waals surface area contributed by atoms with Crippen LogP contribution in [0.4, 0.5) is 0 Å². The molecule has 1 heterocycles. The van der Waals surface area contributed by atoms with Crippen molar-refractivity contribution in [1.82, 2.24) is 10.2 Å². The van der Waals surface area contributed by atoms with Crippen LogP contribution in [0.25, 0.3) is 0 Å². The molecule has 1 aliphatic heterocycles. The summed E-state index contributed by atoms with van der Waals surface area (Å²) < 4.78 is 5.75. The number of aliphatic imine (C=N–C) groups is 1. The van der Waals surface area contributed by atoms with Gasteiger partial charge in [0.05, 0.1) is 6.61 Å². The Bertz CT molecular complexity index is 545. The number of hydrogen-bond donors (Lipinski definition) is 1. The van der Waals surface area contributed by atoms with Gasteiger partial charge in [0.2, 0.25) is 0 Å². The van der Waals surface area contributed by atoms with Crippen LogP contribution in [0.5, 0.6) is 0 Å². The molecule has 3 rings (SSSR count). The smallest absolute Gasteiger partial charge is 0.193 e. The SMILES string of the molecule is CCNC(=NCCCCOCc1ccccc1)N1CCC2(CCC2)C1.I. The second-order valence-electron chi connectivity index (χ2n) is 7.51. The fourth-order valence-electron chi connectivity index (χ4n) is 3.89. The second kappa shape index (κ2) is 11.1. The van der Waals surface area contributed by atoms with E-state index in [2.05, 4.69) is 41.4 Å². The van der Waals surface area contributed by atoms with Gasteiger partial charge >= 0.3 is 0 Å². The highest BCUT2D eigenvalue weighted by Gasteiger charge is 2.43. The predicted molar refractivity (Wildman–Crippen MR) is 119 cm³/mol. The van der Waals surface area contributed by atoms with Crippen molar-refractivity contribution in [3.8, 4) is 0 Å². The normalized spacial score (nSPS) is 18.5. The van der Waals surface area contributed by atoms with Gasteiger partial charge in [-0.05, 0) is 50.0 Å². The van der Waals surface area contributed by atoms with Gasteiger partial charge in [-0.1, -0.05) is 36.8 Å². The fourth-order valence-corrected chi connectivity index (χ4v) is 3.89. The maximum atomic E-state index is 5.75. The topological polar surface area (TPSA) is 36.9 Å². The minimum atomic E-state index is 0. The summed E-state index contributed by atoms with van der Waals surface area (Å²) in [6.07, 6.45) is 7.76. The molecule has 1 aromatic carbocycles. The summed E-state index contributed by atoms with van der Waals surface area (Å²) in [7, 11) is 0. The molecule has 1 saturated heterocycles. The summed E-state index contributed by atoms with van der Waals surface area (Å²) in [6, 6.07) is 10.4. The van der Waals surface area contributed by atoms with E-state index in [1.807, 2.05) is 6.07 Å². The Kier molecular flexibility index (Phi) is 9.19. The summed E-state index contributed by atoms with van der Waals surface area (Å²) in [5.41, 5.74) is 1.87. The molecule has 0 unspecified atom stereocenters. The Morgan fingerprint density at radius 3 is 2.65 bits per heavy atom. The summed E-state index contributed by atoms with van der Waals surface area (Å²) in [5.74, 6) is 1.12. The Labute approximate surface area is 175 Å². The standard InChI is InChI=1S/C21H33N3O.HI/c1-2-22-20(24-15-13-21(18-24)11-8-12-21)23-14-6-7-16-25-17-19-9-4-3-5-10-19;/h3-5,9-10H,2,6-8,11-18H2,1H3,(H,22,23);1H. The van der Waals surface area contributed by atoms with Crippen LogP contribution in [-0.4, -0.2) is 43.6 Å². The van der Waals surface area contributed by atoms with Crippen LogP contribution in [-0.2, 0) is 11.3 Å². The molecule has 0 atom stereocenters. The monoisotopic (exact) mass is 471 g/mol. The molecule has 1 aliphatic carbocycles. The van der Waals surface area contributed by atoms with E-state index in [1.54, 1.807) is 0 Å². The predicted octanol–water partition coefficient (Wildman–Crippen LogP) is 4.44. The van der Waals surface area contributed by atoms with E-state index >= 15 is 0 Å². The molecule has 1 saturated carbocycles. The van der Waals surface area contributed by atoms with Gasteiger partial charge in [-0.15, -0.1) is 24.0 Å². The van der Waals surface area contributed by atoms with E-state index in [0.717, 1.165) is 38.5 Å². The first-order valence-corrected chi connectivity index (χ1v) is 9.96. The minimum Gasteiger partial charge on any atom is -0.377 e. The molecule has 2 fully saturated rings. The highest BCUT2D eigenvalue weighted by atomic mass is 127. The van der Waals surface area contributed by atoms with Crippen LogP contribution >= 0.6 is 24.0 Å². The number of likely N-dealkylation sites (tertiary alicyclic amines) is 1. The van der Waals surface area contributed by atoms with Crippen molar-refractivity contribution >= 4 is 29.9 Å². The summed E-state index contributed by atoms with van der Waals surface area (Å²) >= 11 is 0. The molecule has 0 radical (unpaired) electrons. The average Bonchev–Trinajstić information content (AvgIpc) is 3.07. The van der Waals surface area contributed by atoms with Crippen molar-refractivity contribution < 1.29 is 4.74 Å². The molecule has 5 heteroatoms. The van der Waals surface area contributed by atoms with Crippen molar-refractivity contribution in [1.29, 1.82) is 0 Å². The van der Waals surface area contributed by atoms with Crippen LogP contribution in [0.2, 0.25) is 0 Å². The molecule has 4 nitrogen and oxygen atoms in total. The first-order chi connectivity index (χ1) is 12.3. The Balaban J connectivity index is 0.00000243. The van der Waals surface area contributed by atoms with Crippen molar-refractivity contribution in [2.24, 2.45) is 10.4 Å². The second-order valence-corrected chi connectivity index (χ2v) is 7.51. The van der Waals surface area contributed by atoms with Crippen LogP contribution in [0.3, 0.4) is 0 Å². The van der Waals surface area contributed by atoms with E-state index < -0.39 is 0 Å². The highest BCUT2D eigenvalue weighted by Crippen LogP contribution is 2.47. The van der Waals surface area contributed by atoms with E-state index in [1.165, 1.54) is 44.3 Å². The summed E-state index contributed by atoms with van der Waals surface area (Å²) in [4.78, 5) is 7.33. The van der Waals surface area contributed by atoms with Gasteiger partial charge in [-0.3, -0.25) is 4.99 Å². The molecular formula is C21H34IN3O. The Morgan fingerprint density at radius 1 is 1.19 bits per heavy atom. The number of unbranched alkanes of at least 4 members (excludes halogenated alkanes) is 1. The van der Waals surface area contributed by atoms with Crippen molar-refractivity contribution in [2.45, 2.75) is 52.1 Å². The third kappa shape index (κ3) is 6.12. The molecule has 2 aliphatic rings. The van der Waals surface area contributed by atoms with Gasteiger partial charge < -0.3 is 15.0 Å². The number of guanidine groups is 1. The van der Waals surface area contributed by atoms with Crippen molar-refractivity contribution in [3.05, 3.63) is 35.9 Å². The van der Waals surface area contributed by atoms with Gasteiger partial charge in [-0.25, -0.2) is 0 Å². The molecular weight excluding hydrogens is 437 g/mol. The molecule has 26 heavy (non-hydrogen) atoms. The Hall–Kier alpha value is -0.820. The fraction of sp³-hybridized carbons (Fsp3) is 0.667. The zero-order valence-corrected chi connectivity index (χ0v) is 18.4. The quantitative estimate of drug-likeness (QED) is 0.264. The maximum Gasteiger partial charge on any atom is 0.193 e. The number of nitrogens with zero attached hydrogens (tertiary/aromatic N) is 2. The lowest BCUT2D eigenvalue weighted by atomic mass is 9.68. The van der Waals surface area contributed by atoms with Crippen LogP contribution in [0.1, 0.15) is 51.0 Å². The van der Waals surface area contributed by atoms with Gasteiger partial charge in [0.25, 0.3) is 0 Å². The van der Waals surface area contributed by atoms with E-state index in [0.29, 0.717) is 12.0 Å².